The Morgan fingerprint density at radius 2 is 1.80 bits per heavy atom. The zero-order valence-electron chi connectivity index (χ0n) is 13.9. The first kappa shape index (κ1) is 18.9. The van der Waals surface area contributed by atoms with Gasteiger partial charge in [0.05, 0.1) is 12.2 Å². The molecular formula is C16H17F4N3O2. The molecule has 0 bridgehead atoms. The summed E-state index contributed by atoms with van der Waals surface area (Å²) in [7, 11) is 0. The lowest BCUT2D eigenvalue weighted by Crippen LogP contribution is -2.24. The average molecular weight is 359 g/mol. The number of esters is 1. The molecule has 0 unspecified atom stereocenters. The second-order valence-corrected chi connectivity index (χ2v) is 5.12. The van der Waals surface area contributed by atoms with Gasteiger partial charge in [-0.15, -0.1) is 0 Å². The summed E-state index contributed by atoms with van der Waals surface area (Å²) in [5.41, 5.74) is -2.45. The molecule has 0 radical (unpaired) electrons. The fourth-order valence-electron chi connectivity index (χ4n) is 2.40. The predicted molar refractivity (Wildman–Crippen MR) is 84.0 cm³/mol. The van der Waals surface area contributed by atoms with Crippen LogP contribution in [-0.2, 0) is 10.9 Å². The van der Waals surface area contributed by atoms with Crippen LogP contribution in [-0.4, -0.2) is 35.6 Å². The van der Waals surface area contributed by atoms with E-state index in [1.165, 1.54) is 6.92 Å². The minimum absolute atomic E-state index is 0.00976. The molecule has 2 rings (SSSR count). The summed E-state index contributed by atoms with van der Waals surface area (Å²) in [6.45, 7) is 5.78. The Labute approximate surface area is 141 Å². The van der Waals surface area contributed by atoms with Crippen molar-refractivity contribution in [1.29, 1.82) is 0 Å². The van der Waals surface area contributed by atoms with Crippen LogP contribution >= 0.6 is 0 Å². The third-order valence-corrected chi connectivity index (χ3v) is 3.57. The van der Waals surface area contributed by atoms with Crippen molar-refractivity contribution < 1.29 is 27.1 Å². The minimum atomic E-state index is -4.87. The SMILES string of the molecule is CCOC(=O)c1cc2cc(F)c(N(CC)CC)nc2nc1C(F)(F)F. The van der Waals surface area contributed by atoms with Gasteiger partial charge in [0.15, 0.2) is 23.0 Å². The second kappa shape index (κ2) is 7.20. The minimum Gasteiger partial charge on any atom is -0.462 e. The van der Waals surface area contributed by atoms with Crippen molar-refractivity contribution in [3.63, 3.8) is 0 Å². The largest absolute Gasteiger partial charge is 0.462 e. The Hall–Kier alpha value is -2.45. The van der Waals surface area contributed by atoms with Crippen molar-refractivity contribution in [2.45, 2.75) is 26.9 Å². The number of hydrogen-bond acceptors (Lipinski definition) is 5. The molecule has 0 fully saturated rings. The van der Waals surface area contributed by atoms with E-state index in [1.807, 2.05) is 0 Å². The van der Waals surface area contributed by atoms with Gasteiger partial charge >= 0.3 is 12.1 Å². The fraction of sp³-hybridized carbons (Fsp3) is 0.438. The maximum Gasteiger partial charge on any atom is 0.434 e. The standard InChI is InChI=1S/C16H17F4N3O2/c1-4-23(5-2)14-11(17)8-9-7-10(15(24)25-6-3)12(16(18,19)20)21-13(9)22-14/h7-8H,4-6H2,1-3H3. The molecule has 25 heavy (non-hydrogen) atoms. The summed E-state index contributed by atoms with van der Waals surface area (Å²) in [6, 6.07) is 1.93. The van der Waals surface area contributed by atoms with Gasteiger partial charge in [-0.1, -0.05) is 0 Å². The molecule has 0 aliphatic rings. The molecule has 0 atom stereocenters. The Bertz CT molecular complexity index is 789. The van der Waals surface area contributed by atoms with Gasteiger partial charge in [0, 0.05) is 18.5 Å². The first-order valence-corrected chi connectivity index (χ1v) is 7.73. The molecule has 136 valence electrons. The quantitative estimate of drug-likeness (QED) is 0.600. The summed E-state index contributed by atoms with van der Waals surface area (Å²) in [5, 5.41) is -0.00976. The van der Waals surface area contributed by atoms with E-state index in [4.69, 9.17) is 0 Å². The van der Waals surface area contributed by atoms with E-state index < -0.39 is 29.2 Å². The number of anilines is 1. The molecule has 0 aliphatic heterocycles. The van der Waals surface area contributed by atoms with Crippen LogP contribution < -0.4 is 4.90 Å². The molecular weight excluding hydrogens is 342 g/mol. The average Bonchev–Trinajstić information content (AvgIpc) is 2.54. The van der Waals surface area contributed by atoms with Crippen LogP contribution in [0.1, 0.15) is 36.8 Å². The number of halogens is 4. The zero-order valence-corrected chi connectivity index (χ0v) is 13.9. The smallest absolute Gasteiger partial charge is 0.434 e. The Morgan fingerprint density at radius 3 is 2.32 bits per heavy atom. The van der Waals surface area contributed by atoms with Gasteiger partial charge in [-0.3, -0.25) is 0 Å². The lowest BCUT2D eigenvalue weighted by Gasteiger charge is -2.21. The van der Waals surface area contributed by atoms with Gasteiger partial charge in [0.25, 0.3) is 0 Å². The molecule has 0 saturated carbocycles. The van der Waals surface area contributed by atoms with Crippen LogP contribution in [0.4, 0.5) is 23.4 Å². The molecule has 9 heteroatoms. The number of fused-ring (bicyclic) bond motifs is 1. The molecule has 2 heterocycles. The molecule has 0 amide bonds. The van der Waals surface area contributed by atoms with Crippen LogP contribution in [0.25, 0.3) is 11.0 Å². The first-order chi connectivity index (χ1) is 11.7. The van der Waals surface area contributed by atoms with E-state index in [0.29, 0.717) is 13.1 Å². The van der Waals surface area contributed by atoms with Crippen molar-refractivity contribution in [3.05, 3.63) is 29.2 Å². The van der Waals surface area contributed by atoms with E-state index in [-0.39, 0.29) is 23.5 Å². The molecule has 2 aromatic heterocycles. The van der Waals surface area contributed by atoms with Crippen molar-refractivity contribution in [2.75, 3.05) is 24.6 Å². The number of aromatic nitrogens is 2. The number of pyridine rings is 2. The summed E-state index contributed by atoms with van der Waals surface area (Å²) < 4.78 is 58.7. The van der Waals surface area contributed by atoms with Crippen molar-refractivity contribution in [3.8, 4) is 0 Å². The van der Waals surface area contributed by atoms with E-state index in [1.54, 1.807) is 18.7 Å². The van der Waals surface area contributed by atoms with Gasteiger partial charge < -0.3 is 9.64 Å². The number of ether oxygens (including phenoxy) is 1. The van der Waals surface area contributed by atoms with Crippen molar-refractivity contribution in [1.82, 2.24) is 9.97 Å². The number of alkyl halides is 3. The van der Waals surface area contributed by atoms with E-state index in [2.05, 4.69) is 14.7 Å². The molecule has 0 aliphatic carbocycles. The predicted octanol–water partition coefficient (Wildman–Crippen LogP) is 3.81. The summed E-state index contributed by atoms with van der Waals surface area (Å²) in [5.74, 6) is -1.95. The highest BCUT2D eigenvalue weighted by atomic mass is 19.4. The van der Waals surface area contributed by atoms with Gasteiger partial charge in [-0.2, -0.15) is 13.2 Å². The third kappa shape index (κ3) is 3.80. The van der Waals surface area contributed by atoms with Crippen molar-refractivity contribution in [2.24, 2.45) is 0 Å². The topological polar surface area (TPSA) is 55.3 Å². The molecule has 0 aromatic carbocycles. The number of carbonyl (C=O) groups excluding carboxylic acids is 1. The van der Waals surface area contributed by atoms with Gasteiger partial charge in [0.1, 0.15) is 0 Å². The summed E-state index contributed by atoms with van der Waals surface area (Å²) >= 11 is 0. The van der Waals surface area contributed by atoms with Crippen LogP contribution in [0.3, 0.4) is 0 Å². The van der Waals surface area contributed by atoms with Crippen molar-refractivity contribution >= 4 is 22.8 Å². The number of hydrogen-bond donors (Lipinski definition) is 0. The highest BCUT2D eigenvalue weighted by Crippen LogP contribution is 2.33. The zero-order chi connectivity index (χ0) is 18.8. The Morgan fingerprint density at radius 1 is 1.16 bits per heavy atom. The second-order valence-electron chi connectivity index (χ2n) is 5.12. The fourth-order valence-corrected chi connectivity index (χ4v) is 2.40. The normalized spacial score (nSPS) is 11.6. The molecule has 2 aromatic rings. The molecule has 0 saturated heterocycles. The summed E-state index contributed by atoms with van der Waals surface area (Å²) in [6.07, 6.45) is -4.87. The lowest BCUT2D eigenvalue weighted by molar-refractivity contribution is -0.141. The maximum atomic E-state index is 14.3. The number of nitrogens with zero attached hydrogens (tertiary/aromatic N) is 3. The van der Waals surface area contributed by atoms with Gasteiger partial charge in [0.2, 0.25) is 0 Å². The molecule has 0 N–H and O–H groups in total. The monoisotopic (exact) mass is 359 g/mol. The Kier molecular flexibility index (Phi) is 5.44. The van der Waals surface area contributed by atoms with Crippen LogP contribution in [0.2, 0.25) is 0 Å². The number of rotatable bonds is 5. The molecule has 0 spiro atoms. The van der Waals surface area contributed by atoms with Crippen LogP contribution in [0.5, 0.6) is 0 Å². The Balaban J connectivity index is 2.72. The summed E-state index contributed by atoms with van der Waals surface area (Å²) in [4.78, 5) is 20.8. The van der Waals surface area contributed by atoms with Crippen LogP contribution in [0.15, 0.2) is 12.1 Å². The highest BCUT2D eigenvalue weighted by Gasteiger charge is 2.38. The van der Waals surface area contributed by atoms with Gasteiger partial charge in [-0.05, 0) is 32.9 Å². The van der Waals surface area contributed by atoms with E-state index in [0.717, 1.165) is 12.1 Å². The maximum absolute atomic E-state index is 14.3. The number of carbonyl (C=O) groups is 1. The lowest BCUT2D eigenvalue weighted by atomic mass is 10.1. The van der Waals surface area contributed by atoms with E-state index in [9.17, 15) is 22.4 Å². The molecule has 5 nitrogen and oxygen atoms in total. The van der Waals surface area contributed by atoms with Crippen LogP contribution in [0, 0.1) is 5.82 Å². The van der Waals surface area contributed by atoms with E-state index >= 15 is 0 Å². The third-order valence-electron chi connectivity index (χ3n) is 3.57. The van der Waals surface area contributed by atoms with Gasteiger partial charge in [-0.25, -0.2) is 19.2 Å². The first-order valence-electron chi connectivity index (χ1n) is 7.73. The highest BCUT2D eigenvalue weighted by molar-refractivity contribution is 5.95.